The number of nitrogens with one attached hydrogen (secondary N) is 1. The van der Waals surface area contributed by atoms with Crippen LogP contribution in [-0.4, -0.2) is 58.1 Å². The van der Waals surface area contributed by atoms with E-state index in [2.05, 4.69) is 25.4 Å². The molecule has 1 aromatic carbocycles. The summed E-state index contributed by atoms with van der Waals surface area (Å²) >= 11 is 0. The molecule has 1 heterocycles. The molecule has 0 fully saturated rings. The Morgan fingerprint density at radius 2 is 2.00 bits per heavy atom. The highest BCUT2D eigenvalue weighted by Gasteiger charge is 2.13. The van der Waals surface area contributed by atoms with Gasteiger partial charge in [0.15, 0.2) is 0 Å². The maximum Gasteiger partial charge on any atom is 0.307 e. The van der Waals surface area contributed by atoms with Crippen molar-refractivity contribution >= 4 is 11.9 Å². The van der Waals surface area contributed by atoms with E-state index in [1.54, 1.807) is 31.3 Å². The van der Waals surface area contributed by atoms with Gasteiger partial charge in [-0.05, 0) is 17.3 Å². The smallest absolute Gasteiger partial charge is 0.307 e. The molecule has 2 aromatic rings. The Labute approximate surface area is 121 Å². The van der Waals surface area contributed by atoms with Crippen molar-refractivity contribution in [1.82, 2.24) is 25.5 Å². The normalized spacial score (nSPS) is 10.2. The van der Waals surface area contributed by atoms with Crippen LogP contribution in [0.5, 0.6) is 0 Å². The number of aromatic nitrogens is 4. The van der Waals surface area contributed by atoms with Crippen molar-refractivity contribution in [1.29, 1.82) is 0 Å². The molecule has 0 saturated carbocycles. The molecule has 2 rings (SSSR count). The number of H-pyrrole nitrogens is 1. The van der Waals surface area contributed by atoms with Crippen molar-refractivity contribution in [3.05, 3.63) is 29.8 Å². The van der Waals surface area contributed by atoms with Gasteiger partial charge in [-0.1, -0.05) is 12.1 Å². The van der Waals surface area contributed by atoms with Gasteiger partial charge in [0.2, 0.25) is 5.82 Å². The Bertz CT molecular complexity index is 609. The number of hydrogen-bond donors (Lipinski definition) is 1. The number of tetrazole rings is 1. The minimum Gasteiger partial charge on any atom is -0.469 e. The van der Waals surface area contributed by atoms with Crippen LogP contribution in [0.4, 0.5) is 0 Å². The van der Waals surface area contributed by atoms with E-state index < -0.39 is 0 Å². The van der Waals surface area contributed by atoms with Crippen molar-refractivity contribution in [2.24, 2.45) is 0 Å². The second kappa shape index (κ2) is 6.60. The van der Waals surface area contributed by atoms with E-state index >= 15 is 0 Å². The maximum atomic E-state index is 12.2. The summed E-state index contributed by atoms with van der Waals surface area (Å²) < 4.78 is 4.54. The fraction of sp³-hybridized carbons (Fsp3) is 0.308. The van der Waals surface area contributed by atoms with Gasteiger partial charge >= 0.3 is 5.97 Å². The van der Waals surface area contributed by atoms with Crippen LogP contribution in [-0.2, 0) is 9.53 Å². The lowest BCUT2D eigenvalue weighted by Crippen LogP contribution is -2.29. The SMILES string of the molecule is COC(=O)CCN(C)C(=O)c1ccc(-c2nn[nH]n2)cc1. The van der Waals surface area contributed by atoms with Gasteiger partial charge in [-0.25, -0.2) is 0 Å². The van der Waals surface area contributed by atoms with E-state index in [1.807, 2.05) is 0 Å². The van der Waals surface area contributed by atoms with E-state index in [1.165, 1.54) is 12.0 Å². The molecule has 110 valence electrons. The fourth-order valence-corrected chi connectivity index (χ4v) is 1.73. The van der Waals surface area contributed by atoms with E-state index in [4.69, 9.17) is 0 Å². The molecule has 1 N–H and O–H groups in total. The number of esters is 1. The Hall–Kier alpha value is -2.77. The molecule has 0 saturated heterocycles. The largest absolute Gasteiger partial charge is 0.469 e. The van der Waals surface area contributed by atoms with Crippen LogP contribution in [0, 0.1) is 0 Å². The molecule has 0 bridgehead atoms. The Balaban J connectivity index is 2.01. The molecule has 8 nitrogen and oxygen atoms in total. The number of carbonyl (C=O) groups is 2. The first kappa shape index (κ1) is 14.6. The van der Waals surface area contributed by atoms with E-state index in [0.29, 0.717) is 17.9 Å². The number of nitrogens with zero attached hydrogens (tertiary/aromatic N) is 4. The minimum atomic E-state index is -0.345. The number of benzene rings is 1. The highest BCUT2D eigenvalue weighted by Crippen LogP contribution is 2.14. The van der Waals surface area contributed by atoms with Crippen molar-refractivity contribution in [3.8, 4) is 11.4 Å². The highest BCUT2D eigenvalue weighted by molar-refractivity contribution is 5.94. The van der Waals surface area contributed by atoms with E-state index in [-0.39, 0.29) is 18.3 Å². The predicted octanol–water partition coefficient (Wildman–Crippen LogP) is 0.502. The second-order valence-corrected chi connectivity index (χ2v) is 4.37. The lowest BCUT2D eigenvalue weighted by Gasteiger charge is -2.16. The number of aromatic amines is 1. The molecule has 8 heteroatoms. The molecule has 0 radical (unpaired) electrons. The van der Waals surface area contributed by atoms with Crippen LogP contribution in [0.1, 0.15) is 16.8 Å². The van der Waals surface area contributed by atoms with Crippen LogP contribution in [0.3, 0.4) is 0 Å². The molecule has 0 atom stereocenters. The van der Waals surface area contributed by atoms with Gasteiger partial charge < -0.3 is 9.64 Å². The van der Waals surface area contributed by atoms with E-state index in [0.717, 1.165) is 5.56 Å². The highest BCUT2D eigenvalue weighted by atomic mass is 16.5. The summed E-state index contributed by atoms with van der Waals surface area (Å²) in [7, 11) is 2.96. The van der Waals surface area contributed by atoms with Crippen LogP contribution < -0.4 is 0 Å². The fourth-order valence-electron chi connectivity index (χ4n) is 1.73. The van der Waals surface area contributed by atoms with Crippen molar-refractivity contribution < 1.29 is 14.3 Å². The molecule has 0 aliphatic rings. The summed E-state index contributed by atoms with van der Waals surface area (Å²) in [6, 6.07) is 6.85. The molecule has 0 unspecified atom stereocenters. The number of amides is 1. The van der Waals surface area contributed by atoms with Crippen LogP contribution in [0.2, 0.25) is 0 Å². The third-order valence-electron chi connectivity index (χ3n) is 2.96. The third kappa shape index (κ3) is 3.62. The Kier molecular flexibility index (Phi) is 4.60. The quantitative estimate of drug-likeness (QED) is 0.804. The van der Waals surface area contributed by atoms with Gasteiger partial charge in [-0.15, -0.1) is 10.2 Å². The number of ether oxygens (including phenoxy) is 1. The lowest BCUT2D eigenvalue weighted by molar-refractivity contribution is -0.140. The van der Waals surface area contributed by atoms with Crippen molar-refractivity contribution in [2.75, 3.05) is 20.7 Å². The average Bonchev–Trinajstić information content (AvgIpc) is 3.06. The second-order valence-electron chi connectivity index (χ2n) is 4.37. The van der Waals surface area contributed by atoms with Crippen molar-refractivity contribution in [3.63, 3.8) is 0 Å². The van der Waals surface area contributed by atoms with Gasteiger partial charge in [-0.3, -0.25) is 9.59 Å². The zero-order valence-corrected chi connectivity index (χ0v) is 11.7. The van der Waals surface area contributed by atoms with Gasteiger partial charge in [0, 0.05) is 24.7 Å². The first-order chi connectivity index (χ1) is 10.1. The zero-order chi connectivity index (χ0) is 15.2. The first-order valence-corrected chi connectivity index (χ1v) is 6.28. The van der Waals surface area contributed by atoms with Gasteiger partial charge in [0.05, 0.1) is 13.5 Å². The number of methoxy groups -OCH3 is 1. The van der Waals surface area contributed by atoms with Crippen molar-refractivity contribution in [2.45, 2.75) is 6.42 Å². The van der Waals surface area contributed by atoms with Crippen LogP contribution in [0.15, 0.2) is 24.3 Å². The number of hydrogen-bond acceptors (Lipinski definition) is 6. The van der Waals surface area contributed by atoms with Crippen LogP contribution >= 0.6 is 0 Å². The van der Waals surface area contributed by atoms with E-state index in [9.17, 15) is 9.59 Å². The summed E-state index contributed by atoms with van der Waals surface area (Å²) in [5.41, 5.74) is 1.28. The summed E-state index contributed by atoms with van der Waals surface area (Å²) in [4.78, 5) is 24.7. The molecule has 1 aromatic heterocycles. The van der Waals surface area contributed by atoms with Gasteiger partial charge in [-0.2, -0.15) is 5.21 Å². The first-order valence-electron chi connectivity index (χ1n) is 6.28. The Morgan fingerprint density at radius 1 is 1.29 bits per heavy atom. The summed E-state index contributed by atoms with van der Waals surface area (Å²) in [6.45, 7) is 0.304. The maximum absolute atomic E-state index is 12.2. The number of carbonyl (C=O) groups excluding carboxylic acids is 2. The molecule has 0 aliphatic heterocycles. The Morgan fingerprint density at radius 3 is 2.57 bits per heavy atom. The van der Waals surface area contributed by atoms with Gasteiger partial charge in [0.25, 0.3) is 5.91 Å². The monoisotopic (exact) mass is 289 g/mol. The standard InChI is InChI=1S/C13H15N5O3/c1-18(8-7-11(19)21-2)13(20)10-5-3-9(4-6-10)12-14-16-17-15-12/h3-6H,7-8H2,1-2H3,(H,14,15,16,17). The molecule has 1 amide bonds. The summed E-state index contributed by atoms with van der Waals surface area (Å²) in [5, 5.41) is 13.6. The predicted molar refractivity (Wildman–Crippen MR) is 73.2 cm³/mol. The molecular weight excluding hydrogens is 274 g/mol. The molecule has 21 heavy (non-hydrogen) atoms. The third-order valence-corrected chi connectivity index (χ3v) is 2.96. The topological polar surface area (TPSA) is 101 Å². The molecule has 0 spiro atoms. The minimum absolute atomic E-state index is 0.166. The van der Waals surface area contributed by atoms with Crippen LogP contribution in [0.25, 0.3) is 11.4 Å². The molecule has 0 aliphatic carbocycles. The summed E-state index contributed by atoms with van der Waals surface area (Å²) in [5.74, 6) is -0.0475. The zero-order valence-electron chi connectivity index (χ0n) is 11.7. The average molecular weight is 289 g/mol. The number of rotatable bonds is 5. The molecular formula is C13H15N5O3. The summed E-state index contributed by atoms with van der Waals surface area (Å²) in [6.07, 6.45) is 0.166. The van der Waals surface area contributed by atoms with Gasteiger partial charge in [0.1, 0.15) is 0 Å². The lowest BCUT2D eigenvalue weighted by atomic mass is 10.1.